The molecule has 0 saturated carbocycles. The van der Waals surface area contributed by atoms with Crippen molar-refractivity contribution in [3.63, 3.8) is 0 Å². The van der Waals surface area contributed by atoms with E-state index in [1.54, 1.807) is 11.4 Å². The van der Waals surface area contributed by atoms with Crippen LogP contribution in [0.5, 0.6) is 0 Å². The summed E-state index contributed by atoms with van der Waals surface area (Å²) in [6.45, 7) is 0. The maximum absolute atomic E-state index is 12.8. The number of nitrogens with zero attached hydrogens (tertiary/aromatic N) is 1. The zero-order valence-electron chi connectivity index (χ0n) is 7.71. The fourth-order valence-corrected chi connectivity index (χ4v) is 2.60. The molecule has 0 amide bonds. The molecule has 2 aromatic heterocycles. The molecule has 0 saturated heterocycles. The van der Waals surface area contributed by atoms with Gasteiger partial charge in [0.2, 0.25) is 0 Å². The van der Waals surface area contributed by atoms with Crippen LogP contribution in [0.3, 0.4) is 0 Å². The van der Waals surface area contributed by atoms with E-state index in [2.05, 4.69) is 4.98 Å². The van der Waals surface area contributed by atoms with Gasteiger partial charge >= 0.3 is 6.18 Å². The molecule has 0 bridgehead atoms. The van der Waals surface area contributed by atoms with E-state index in [1.165, 1.54) is 0 Å². The Balaban J connectivity index is 2.53. The van der Waals surface area contributed by atoms with Gasteiger partial charge in [-0.15, -0.1) is 11.3 Å². The van der Waals surface area contributed by atoms with E-state index in [1.807, 2.05) is 0 Å². The van der Waals surface area contributed by atoms with Crippen LogP contribution in [0.25, 0.3) is 21.2 Å². The van der Waals surface area contributed by atoms with Gasteiger partial charge in [0.25, 0.3) is 0 Å². The Morgan fingerprint density at radius 2 is 2.12 bits per heavy atom. The van der Waals surface area contributed by atoms with Crippen molar-refractivity contribution in [2.75, 3.05) is 0 Å². The molecule has 82 valence electrons. The van der Waals surface area contributed by atoms with Gasteiger partial charge in [-0.1, -0.05) is 0 Å². The molecule has 0 unspecified atom stereocenters. The molecule has 3 rings (SSSR count). The predicted molar refractivity (Wildman–Crippen MR) is 54.4 cm³/mol. The van der Waals surface area contributed by atoms with Gasteiger partial charge in [-0.2, -0.15) is 13.2 Å². The highest BCUT2D eigenvalue weighted by Crippen LogP contribution is 2.40. The number of rotatable bonds is 0. The molecule has 0 fully saturated rings. The van der Waals surface area contributed by atoms with Crippen molar-refractivity contribution in [3.8, 4) is 0 Å². The number of halogens is 3. The molecule has 0 aliphatic heterocycles. The van der Waals surface area contributed by atoms with Crippen molar-refractivity contribution >= 4 is 32.5 Å². The number of hydrogen-bond acceptors (Lipinski definition) is 3. The molecule has 0 aliphatic carbocycles. The standard InChI is InChI=1S/C10H4F3NOS/c11-10(12,13)6-3-7-8(14-4-15-7)5-1-2-16-9(5)6/h1-4H. The minimum absolute atomic E-state index is 0.165. The first-order valence-corrected chi connectivity index (χ1v) is 5.26. The van der Waals surface area contributed by atoms with Crippen LogP contribution in [-0.2, 0) is 6.18 Å². The highest BCUT2D eigenvalue weighted by Gasteiger charge is 2.34. The smallest absolute Gasteiger partial charge is 0.417 e. The molecule has 3 aromatic rings. The highest BCUT2D eigenvalue weighted by atomic mass is 32.1. The van der Waals surface area contributed by atoms with Crippen molar-refractivity contribution in [3.05, 3.63) is 29.5 Å². The SMILES string of the molecule is FC(F)(F)c1cc2ocnc2c2ccsc12. The van der Waals surface area contributed by atoms with Crippen molar-refractivity contribution in [1.29, 1.82) is 0 Å². The van der Waals surface area contributed by atoms with Gasteiger partial charge in [-0.25, -0.2) is 4.98 Å². The highest BCUT2D eigenvalue weighted by molar-refractivity contribution is 7.17. The summed E-state index contributed by atoms with van der Waals surface area (Å²) >= 11 is 1.06. The van der Waals surface area contributed by atoms with E-state index in [4.69, 9.17) is 4.42 Å². The molecule has 6 heteroatoms. The summed E-state index contributed by atoms with van der Waals surface area (Å²) in [4.78, 5) is 3.91. The first-order valence-electron chi connectivity index (χ1n) is 4.38. The monoisotopic (exact) mass is 243 g/mol. The number of oxazole rings is 1. The normalized spacial score (nSPS) is 12.7. The first kappa shape index (κ1) is 9.65. The molecule has 0 N–H and O–H groups in total. The van der Waals surface area contributed by atoms with Crippen LogP contribution in [0.1, 0.15) is 5.56 Å². The lowest BCUT2D eigenvalue weighted by atomic mass is 10.1. The summed E-state index contributed by atoms with van der Waals surface area (Å²) in [7, 11) is 0. The van der Waals surface area contributed by atoms with Crippen molar-refractivity contribution in [1.82, 2.24) is 4.98 Å². The molecular formula is C10H4F3NOS. The topological polar surface area (TPSA) is 26.0 Å². The molecule has 1 aromatic carbocycles. The number of alkyl halides is 3. The third-order valence-corrected chi connectivity index (χ3v) is 3.29. The number of fused-ring (bicyclic) bond motifs is 3. The second kappa shape index (κ2) is 2.98. The minimum Gasteiger partial charge on any atom is -0.443 e. The van der Waals surface area contributed by atoms with Crippen LogP contribution < -0.4 is 0 Å². The summed E-state index contributed by atoms with van der Waals surface area (Å²) in [6.07, 6.45) is -3.22. The van der Waals surface area contributed by atoms with Crippen LogP contribution in [0.4, 0.5) is 13.2 Å². The summed E-state index contributed by atoms with van der Waals surface area (Å²) in [6, 6.07) is 2.63. The third kappa shape index (κ3) is 1.23. The molecule has 0 atom stereocenters. The Kier molecular flexibility index (Phi) is 1.79. The van der Waals surface area contributed by atoms with Crippen LogP contribution in [0, 0.1) is 0 Å². The van der Waals surface area contributed by atoms with Crippen LogP contribution in [-0.4, -0.2) is 4.98 Å². The molecular weight excluding hydrogens is 239 g/mol. The maximum atomic E-state index is 12.8. The lowest BCUT2D eigenvalue weighted by Gasteiger charge is -2.07. The van der Waals surface area contributed by atoms with Gasteiger partial charge < -0.3 is 4.42 Å². The second-order valence-electron chi connectivity index (χ2n) is 3.28. The van der Waals surface area contributed by atoms with Gasteiger partial charge in [0.05, 0.1) is 5.56 Å². The molecule has 2 heterocycles. The summed E-state index contributed by atoms with van der Waals surface area (Å²) in [5.41, 5.74) is -0.0239. The zero-order valence-corrected chi connectivity index (χ0v) is 8.52. The van der Waals surface area contributed by atoms with Crippen molar-refractivity contribution < 1.29 is 17.6 Å². The van der Waals surface area contributed by atoms with E-state index < -0.39 is 11.7 Å². The maximum Gasteiger partial charge on any atom is 0.417 e. The lowest BCUT2D eigenvalue weighted by molar-refractivity contribution is -0.136. The fraction of sp³-hybridized carbons (Fsp3) is 0.100. The van der Waals surface area contributed by atoms with Gasteiger partial charge in [0, 0.05) is 10.1 Å². The van der Waals surface area contributed by atoms with Gasteiger partial charge in [0.15, 0.2) is 12.0 Å². The van der Waals surface area contributed by atoms with E-state index >= 15 is 0 Å². The molecule has 0 spiro atoms. The quantitative estimate of drug-likeness (QED) is 0.595. The van der Waals surface area contributed by atoms with Crippen LogP contribution >= 0.6 is 11.3 Å². The van der Waals surface area contributed by atoms with E-state index in [0.717, 1.165) is 23.8 Å². The van der Waals surface area contributed by atoms with Crippen LogP contribution in [0.2, 0.25) is 0 Å². The minimum atomic E-state index is -4.37. The van der Waals surface area contributed by atoms with E-state index in [9.17, 15) is 13.2 Å². The Hall–Kier alpha value is -1.56. The predicted octanol–water partition coefficient (Wildman–Crippen LogP) is 4.06. The molecule has 0 radical (unpaired) electrons. The number of hydrogen-bond donors (Lipinski definition) is 0. The second-order valence-corrected chi connectivity index (χ2v) is 4.20. The Bertz CT molecular complexity index is 667. The van der Waals surface area contributed by atoms with E-state index in [-0.39, 0.29) is 10.3 Å². The Morgan fingerprint density at radius 3 is 2.88 bits per heavy atom. The number of aromatic nitrogens is 1. The van der Waals surface area contributed by atoms with Crippen molar-refractivity contribution in [2.45, 2.75) is 6.18 Å². The van der Waals surface area contributed by atoms with Gasteiger partial charge in [-0.3, -0.25) is 0 Å². The fourth-order valence-electron chi connectivity index (χ4n) is 1.67. The largest absolute Gasteiger partial charge is 0.443 e. The number of benzene rings is 1. The summed E-state index contributed by atoms with van der Waals surface area (Å²) in [5, 5.41) is 2.11. The lowest BCUT2D eigenvalue weighted by Crippen LogP contribution is -2.04. The first-order chi connectivity index (χ1) is 7.57. The van der Waals surface area contributed by atoms with Gasteiger partial charge in [0.1, 0.15) is 5.52 Å². The summed E-state index contributed by atoms with van der Waals surface area (Å²) < 4.78 is 43.4. The van der Waals surface area contributed by atoms with Crippen molar-refractivity contribution in [2.24, 2.45) is 0 Å². The molecule has 0 aliphatic rings. The third-order valence-electron chi connectivity index (χ3n) is 2.34. The van der Waals surface area contributed by atoms with Crippen LogP contribution in [0.15, 0.2) is 28.3 Å². The average molecular weight is 243 g/mol. The van der Waals surface area contributed by atoms with E-state index in [0.29, 0.717) is 10.9 Å². The Morgan fingerprint density at radius 1 is 1.31 bits per heavy atom. The zero-order chi connectivity index (χ0) is 11.3. The van der Waals surface area contributed by atoms with Gasteiger partial charge in [-0.05, 0) is 17.5 Å². The average Bonchev–Trinajstić information content (AvgIpc) is 2.82. The molecule has 2 nitrogen and oxygen atoms in total. The number of thiophene rings is 1. The Labute approximate surface area is 91.3 Å². The summed E-state index contributed by atoms with van der Waals surface area (Å²) in [5.74, 6) is 0. The molecule has 16 heavy (non-hydrogen) atoms.